The van der Waals surface area contributed by atoms with E-state index in [2.05, 4.69) is 19.6 Å². The van der Waals surface area contributed by atoms with Crippen LogP contribution >= 0.6 is 17.1 Å². The Hall–Kier alpha value is 0.677. The van der Waals surface area contributed by atoms with Crippen LogP contribution in [-0.2, 0) is 25.3 Å². The van der Waals surface area contributed by atoms with Crippen LogP contribution in [0, 0.1) is 0 Å². The maximum Gasteiger partial charge on any atom is 0.247 e. The third kappa shape index (κ3) is 7.87. The van der Waals surface area contributed by atoms with Gasteiger partial charge < -0.3 is 13.5 Å². The fraction of sp³-hybridized carbons (Fsp3) is 0.778. The lowest BCUT2D eigenvalue weighted by atomic mass is 10.5. The summed E-state index contributed by atoms with van der Waals surface area (Å²) in [7, 11) is 1.70. The van der Waals surface area contributed by atoms with E-state index in [1.54, 1.807) is 20.5 Å². The van der Waals surface area contributed by atoms with Crippen molar-refractivity contribution in [3.63, 3.8) is 0 Å². The molecule has 96 valence electrons. The molecule has 0 bridgehead atoms. The summed E-state index contributed by atoms with van der Waals surface area (Å²) in [6, 6.07) is 0. The van der Waals surface area contributed by atoms with Crippen LogP contribution in [0.1, 0.15) is 6.92 Å². The van der Waals surface area contributed by atoms with Crippen molar-refractivity contribution in [3.05, 3.63) is 12.3 Å². The first-order valence-corrected chi connectivity index (χ1v) is 12.5. The van der Waals surface area contributed by atoms with Gasteiger partial charge in [-0.3, -0.25) is 0 Å². The standard InChI is InChI=1S/C9H21O3PS2Si/c1-9(7-8-12-16(4,5)6)15-13(14,10-2)11-3/h7-9H,1-6H3/b8-7-. The summed E-state index contributed by atoms with van der Waals surface area (Å²) in [6.07, 6.45) is 3.76. The highest BCUT2D eigenvalue weighted by atomic mass is 32.9. The molecule has 0 heterocycles. The summed E-state index contributed by atoms with van der Waals surface area (Å²) in [5.74, 6) is 0. The molecule has 0 saturated carbocycles. The first-order valence-electron chi connectivity index (χ1n) is 4.97. The van der Waals surface area contributed by atoms with Gasteiger partial charge >= 0.3 is 0 Å². The largest absolute Gasteiger partial charge is 0.550 e. The van der Waals surface area contributed by atoms with E-state index < -0.39 is 14.0 Å². The minimum atomic E-state index is -2.16. The molecule has 0 aliphatic heterocycles. The third-order valence-corrected chi connectivity index (χ3v) is 8.33. The molecule has 16 heavy (non-hydrogen) atoms. The molecule has 0 aromatic carbocycles. The highest BCUT2D eigenvalue weighted by Crippen LogP contribution is 2.61. The second kappa shape index (κ2) is 7.19. The Morgan fingerprint density at radius 3 is 2.12 bits per heavy atom. The summed E-state index contributed by atoms with van der Waals surface area (Å²) >= 11 is 6.80. The van der Waals surface area contributed by atoms with Crippen LogP contribution in [0.5, 0.6) is 0 Å². The van der Waals surface area contributed by atoms with Gasteiger partial charge in [0.15, 0.2) is 0 Å². The van der Waals surface area contributed by atoms with Crippen LogP contribution < -0.4 is 0 Å². The Kier molecular flexibility index (Phi) is 7.49. The molecule has 0 aromatic rings. The Labute approximate surface area is 109 Å². The van der Waals surface area contributed by atoms with Crippen molar-refractivity contribution >= 4 is 37.2 Å². The number of rotatable bonds is 7. The predicted molar refractivity (Wildman–Crippen MR) is 78.9 cm³/mol. The lowest BCUT2D eigenvalue weighted by Crippen LogP contribution is -2.22. The van der Waals surface area contributed by atoms with Crippen LogP contribution in [0.2, 0.25) is 19.6 Å². The highest BCUT2D eigenvalue weighted by molar-refractivity contribution is 8.68. The van der Waals surface area contributed by atoms with Crippen molar-refractivity contribution in [2.75, 3.05) is 14.2 Å². The molecule has 0 rings (SSSR count). The Morgan fingerprint density at radius 2 is 1.75 bits per heavy atom. The molecule has 0 fully saturated rings. The molecule has 0 N–H and O–H groups in total. The molecule has 7 heteroatoms. The van der Waals surface area contributed by atoms with Crippen molar-refractivity contribution in [1.82, 2.24) is 0 Å². The summed E-state index contributed by atoms with van der Waals surface area (Å²) in [5, 5.41) is 0.224. The lowest BCUT2D eigenvalue weighted by Gasteiger charge is -2.19. The van der Waals surface area contributed by atoms with E-state index in [0.717, 1.165) is 0 Å². The Bertz CT molecular complexity index is 270. The molecule has 1 atom stereocenters. The molecule has 0 radical (unpaired) electrons. The topological polar surface area (TPSA) is 27.7 Å². The van der Waals surface area contributed by atoms with E-state index in [0.29, 0.717) is 0 Å². The third-order valence-electron chi connectivity index (χ3n) is 1.51. The number of hydrogen-bond acceptors (Lipinski definition) is 5. The van der Waals surface area contributed by atoms with E-state index in [-0.39, 0.29) is 5.25 Å². The zero-order chi connectivity index (χ0) is 12.8. The molecule has 0 amide bonds. The molecule has 0 aliphatic rings. The van der Waals surface area contributed by atoms with Crippen LogP contribution in [-0.4, -0.2) is 27.8 Å². The van der Waals surface area contributed by atoms with Gasteiger partial charge in [0.25, 0.3) is 0 Å². The van der Waals surface area contributed by atoms with E-state index in [1.165, 1.54) is 11.4 Å². The van der Waals surface area contributed by atoms with E-state index >= 15 is 0 Å². The monoisotopic (exact) mass is 300 g/mol. The van der Waals surface area contributed by atoms with Gasteiger partial charge in [0, 0.05) is 19.5 Å². The first-order chi connectivity index (χ1) is 7.22. The van der Waals surface area contributed by atoms with E-state index in [9.17, 15) is 0 Å². The van der Waals surface area contributed by atoms with Gasteiger partial charge in [-0.05, 0) is 44.4 Å². The van der Waals surface area contributed by atoms with Gasteiger partial charge in [-0.25, -0.2) is 0 Å². The average molecular weight is 300 g/mol. The van der Waals surface area contributed by atoms with Crippen molar-refractivity contribution in [1.29, 1.82) is 0 Å². The maximum atomic E-state index is 5.62. The molecule has 3 nitrogen and oxygen atoms in total. The minimum Gasteiger partial charge on any atom is -0.550 e. The van der Waals surface area contributed by atoms with Gasteiger partial charge in [0.1, 0.15) is 0 Å². The van der Waals surface area contributed by atoms with Gasteiger partial charge in [0.2, 0.25) is 14.0 Å². The van der Waals surface area contributed by atoms with Gasteiger partial charge in [0.05, 0.1) is 6.26 Å². The van der Waals surface area contributed by atoms with Gasteiger partial charge in [-0.2, -0.15) is 0 Å². The SMILES string of the molecule is COP(=S)(OC)SC(C)/C=C\O[Si](C)(C)C. The minimum absolute atomic E-state index is 0.224. The second-order valence-electron chi connectivity index (χ2n) is 4.18. The molecule has 0 aliphatic carbocycles. The Balaban J connectivity index is 4.18. The van der Waals surface area contributed by atoms with Gasteiger partial charge in [-0.15, -0.1) is 0 Å². The summed E-state index contributed by atoms with van der Waals surface area (Å²) in [5.41, 5.74) is -2.16. The lowest BCUT2D eigenvalue weighted by molar-refractivity contribution is 0.354. The zero-order valence-corrected chi connectivity index (χ0v) is 14.2. The maximum absolute atomic E-state index is 5.62. The van der Waals surface area contributed by atoms with Crippen molar-refractivity contribution < 1.29 is 13.5 Å². The predicted octanol–water partition coefficient (Wildman–Crippen LogP) is 3.99. The Morgan fingerprint density at radius 1 is 1.25 bits per heavy atom. The molecular formula is C9H21O3PS2Si. The van der Waals surface area contributed by atoms with E-state index in [1.807, 2.05) is 13.0 Å². The molecule has 0 aromatic heterocycles. The van der Waals surface area contributed by atoms with Crippen LogP contribution in [0.4, 0.5) is 0 Å². The van der Waals surface area contributed by atoms with Crippen LogP contribution in [0.15, 0.2) is 12.3 Å². The van der Waals surface area contributed by atoms with Crippen LogP contribution in [0.3, 0.4) is 0 Å². The number of hydrogen-bond donors (Lipinski definition) is 0. The molecule has 0 spiro atoms. The van der Waals surface area contributed by atoms with E-state index in [4.69, 9.17) is 25.3 Å². The average Bonchev–Trinajstić information content (AvgIpc) is 2.15. The summed E-state index contributed by atoms with van der Waals surface area (Å²) in [4.78, 5) is 0. The fourth-order valence-corrected chi connectivity index (χ4v) is 5.27. The second-order valence-corrected chi connectivity index (χ2v) is 15.4. The first kappa shape index (κ1) is 16.7. The molecular weight excluding hydrogens is 279 g/mol. The fourth-order valence-electron chi connectivity index (χ4n) is 0.753. The molecule has 0 saturated heterocycles. The quantitative estimate of drug-likeness (QED) is 0.403. The van der Waals surface area contributed by atoms with Gasteiger partial charge in [-0.1, -0.05) is 11.4 Å². The summed E-state index contributed by atoms with van der Waals surface area (Å²) in [6.45, 7) is 8.48. The smallest absolute Gasteiger partial charge is 0.247 e. The zero-order valence-electron chi connectivity index (χ0n) is 10.7. The highest BCUT2D eigenvalue weighted by Gasteiger charge is 2.19. The van der Waals surface area contributed by atoms with Crippen molar-refractivity contribution in [3.8, 4) is 0 Å². The van der Waals surface area contributed by atoms with Crippen molar-refractivity contribution in [2.45, 2.75) is 31.8 Å². The molecule has 1 unspecified atom stereocenters. The normalized spacial score (nSPS) is 15.4. The van der Waals surface area contributed by atoms with Crippen molar-refractivity contribution in [2.24, 2.45) is 0 Å². The summed E-state index contributed by atoms with van der Waals surface area (Å²) < 4.78 is 16.0. The van der Waals surface area contributed by atoms with Crippen LogP contribution in [0.25, 0.3) is 0 Å².